The van der Waals surface area contributed by atoms with Gasteiger partial charge < -0.3 is 0 Å². The summed E-state index contributed by atoms with van der Waals surface area (Å²) < 4.78 is 37.6. The van der Waals surface area contributed by atoms with Crippen molar-refractivity contribution in [3.05, 3.63) is 373 Å². The molecule has 7 heterocycles. The predicted molar refractivity (Wildman–Crippen MR) is 471 cm³/mol. The molecule has 14 rings (SSSR count). The van der Waals surface area contributed by atoms with Crippen LogP contribution in [-0.4, -0.2) is 0 Å². The summed E-state index contributed by atoms with van der Waals surface area (Å²) in [6.07, 6.45) is 14.6. The Morgan fingerprint density at radius 3 is 0.804 bits per heavy atom. The fourth-order valence-electron chi connectivity index (χ4n) is 15.0. The van der Waals surface area contributed by atoms with Crippen molar-refractivity contribution in [1.29, 1.82) is 0 Å². The summed E-state index contributed by atoms with van der Waals surface area (Å²) in [7, 11) is 14.6. The first-order valence-corrected chi connectivity index (χ1v) is 39.1. The van der Waals surface area contributed by atoms with Gasteiger partial charge in [0.05, 0.1) is 5.56 Å². The number of aryl methyl sites for hydroxylation is 25. The minimum absolute atomic E-state index is 0.394. The van der Waals surface area contributed by atoms with Crippen molar-refractivity contribution >= 4 is 0 Å². The zero-order valence-electron chi connectivity index (χ0n) is 75.4. The van der Waals surface area contributed by atoms with Crippen LogP contribution in [0.4, 0.5) is 0 Å². The van der Waals surface area contributed by atoms with Crippen LogP contribution in [0.2, 0.25) is 0 Å². The summed E-state index contributed by atoms with van der Waals surface area (Å²) in [5.41, 5.74) is 44.6. The molecule has 7 nitrogen and oxygen atoms in total. The maximum atomic E-state index is 7.46. The number of rotatable bonds is 7. The zero-order valence-corrected chi connectivity index (χ0v) is 72.4. The van der Waals surface area contributed by atoms with Crippen molar-refractivity contribution in [2.45, 2.75) is 145 Å². The second-order valence-corrected chi connectivity index (χ2v) is 30.8. The number of nitrogens with zero attached hydrogens (tertiary/aromatic N) is 7. The van der Waals surface area contributed by atoms with Gasteiger partial charge in [0.1, 0.15) is 49.3 Å². The maximum absolute atomic E-state index is 7.46. The summed E-state index contributed by atoms with van der Waals surface area (Å²) >= 11 is 0. The molecular formula is C105H126N7+7. The molecule has 112 heavy (non-hydrogen) atoms. The third kappa shape index (κ3) is 21.6. The third-order valence-electron chi connectivity index (χ3n) is 21.7. The maximum Gasteiger partial charge on any atom is 0.215 e. The van der Waals surface area contributed by atoms with Gasteiger partial charge in [-0.1, -0.05) is 107 Å². The van der Waals surface area contributed by atoms with E-state index in [1.807, 2.05) is 32.3 Å². The number of aromatic nitrogens is 7. The zero-order chi connectivity index (χ0) is 84.4. The van der Waals surface area contributed by atoms with Crippen molar-refractivity contribution in [3.63, 3.8) is 0 Å². The van der Waals surface area contributed by atoms with E-state index in [4.69, 9.17) is 4.11 Å². The highest BCUT2D eigenvalue weighted by Gasteiger charge is 2.22. The van der Waals surface area contributed by atoms with Crippen LogP contribution in [0.5, 0.6) is 0 Å². The minimum Gasteiger partial charge on any atom is -0.201 e. The highest BCUT2D eigenvalue weighted by molar-refractivity contribution is 5.71. The minimum atomic E-state index is -2.04. The Hall–Kier alpha value is -11.4. The molecule has 0 aliphatic rings. The molecule has 14 aromatic rings. The van der Waals surface area contributed by atoms with E-state index in [9.17, 15) is 0 Å². The summed E-state index contributed by atoms with van der Waals surface area (Å²) in [4.78, 5) is 0. The molecule has 7 aromatic carbocycles. The lowest BCUT2D eigenvalue weighted by atomic mass is 9.95. The first kappa shape index (κ1) is 81.6. The van der Waals surface area contributed by atoms with Crippen LogP contribution in [0, 0.1) is 145 Å². The molecule has 0 radical (unpaired) electrons. The highest BCUT2D eigenvalue weighted by Crippen LogP contribution is 2.32. The molecule has 0 amide bonds. The first-order valence-electron chi connectivity index (χ1n) is 40.6. The van der Waals surface area contributed by atoms with E-state index in [1.54, 1.807) is 12.1 Å². The lowest BCUT2D eigenvalue weighted by Gasteiger charge is -2.10. The van der Waals surface area contributed by atoms with Crippen LogP contribution < -0.4 is 32.0 Å². The summed E-state index contributed by atoms with van der Waals surface area (Å²) in [5.74, 6) is 0. The van der Waals surface area contributed by atoms with Crippen LogP contribution in [0.25, 0.3) is 78.8 Å². The Bertz CT molecular complexity index is 5340. The number of pyridine rings is 7. The predicted octanol–water partition coefficient (Wildman–Crippen LogP) is 21.7. The van der Waals surface area contributed by atoms with Crippen LogP contribution in [0.1, 0.15) is 121 Å². The Morgan fingerprint density at radius 2 is 0.464 bits per heavy atom. The standard InChI is InChI=1S/7C15H18N/c2*1-11-7-5-9-14(13(11)3)15-12(2)8-6-10-16(15)4;2*1-11-7-8-12(2)14(10-11)15-13(3)6-5-9-16(15)4;2*1-11-7-8-14(13(3)10-11)15-12(2)6-5-9-16(15)4;1-11-8-9-12(2)15(13(11)3)14-7-5-6-10-16(14)4/h7*5-10H,1-4H3/q7*+1/i;;;;1D3;;. The van der Waals surface area contributed by atoms with E-state index >= 15 is 0 Å². The first-order chi connectivity index (χ1) is 54.4. The van der Waals surface area contributed by atoms with Gasteiger partial charge in [0.15, 0.2) is 43.4 Å². The molecule has 7 aromatic heterocycles. The molecule has 0 unspecified atom stereocenters. The van der Waals surface area contributed by atoms with Gasteiger partial charge in [0.25, 0.3) is 0 Å². The second-order valence-electron chi connectivity index (χ2n) is 30.8. The Balaban J connectivity index is 0.000000168. The molecule has 574 valence electrons. The van der Waals surface area contributed by atoms with Crippen molar-refractivity contribution in [2.75, 3.05) is 0 Å². The Morgan fingerprint density at radius 1 is 0.188 bits per heavy atom. The average molecular weight is 1490 g/mol. The number of hydrogen-bond donors (Lipinski definition) is 0. The van der Waals surface area contributed by atoms with E-state index < -0.39 is 6.85 Å². The van der Waals surface area contributed by atoms with Gasteiger partial charge >= 0.3 is 0 Å². The molecule has 0 spiro atoms. The summed E-state index contributed by atoms with van der Waals surface area (Å²) in [5, 5.41) is 0. The molecule has 0 saturated carbocycles. The largest absolute Gasteiger partial charge is 0.215 e. The topological polar surface area (TPSA) is 27.2 Å². The van der Waals surface area contributed by atoms with Crippen molar-refractivity contribution < 1.29 is 36.1 Å². The quantitative estimate of drug-likeness (QED) is 0.142. The van der Waals surface area contributed by atoms with E-state index in [2.05, 4.69) is 431 Å². The van der Waals surface area contributed by atoms with Gasteiger partial charge in [0, 0.05) is 119 Å². The van der Waals surface area contributed by atoms with Gasteiger partial charge in [-0.3, -0.25) is 0 Å². The lowest BCUT2D eigenvalue weighted by Crippen LogP contribution is -2.31. The molecule has 0 N–H and O–H groups in total. The Kier molecular flexibility index (Phi) is 28.8. The monoisotopic (exact) mass is 1490 g/mol. The highest BCUT2D eigenvalue weighted by atomic mass is 14.9. The molecule has 0 bridgehead atoms. The van der Waals surface area contributed by atoms with E-state index in [0.717, 1.165) is 16.8 Å². The fourth-order valence-corrected chi connectivity index (χ4v) is 15.0. The molecule has 0 atom stereocenters. The molecule has 0 fully saturated rings. The van der Waals surface area contributed by atoms with Crippen LogP contribution in [0.3, 0.4) is 0 Å². The molecular weight excluding hydrogens is 1360 g/mol. The average Bonchev–Trinajstić information content (AvgIpc) is 0.801. The van der Waals surface area contributed by atoms with Crippen LogP contribution in [-0.2, 0) is 49.3 Å². The summed E-state index contributed by atoms with van der Waals surface area (Å²) in [6.45, 7) is 41.0. The van der Waals surface area contributed by atoms with E-state index in [-0.39, 0.29) is 0 Å². The number of benzene rings is 7. The van der Waals surface area contributed by atoms with E-state index in [0.29, 0.717) is 5.56 Å². The lowest BCUT2D eigenvalue weighted by molar-refractivity contribution is -0.660. The molecule has 0 aliphatic carbocycles. The van der Waals surface area contributed by atoms with Gasteiger partial charge in [0.2, 0.25) is 39.9 Å². The molecule has 7 heteroatoms. The van der Waals surface area contributed by atoms with Gasteiger partial charge in [-0.15, -0.1) is 0 Å². The fraction of sp³-hybridized carbons (Fsp3) is 0.267. The van der Waals surface area contributed by atoms with Gasteiger partial charge in [-0.05, 0) is 285 Å². The van der Waals surface area contributed by atoms with Gasteiger partial charge in [-0.2, -0.15) is 0 Å². The second kappa shape index (κ2) is 39.5. The Labute approximate surface area is 678 Å². The summed E-state index contributed by atoms with van der Waals surface area (Å²) in [6, 6.07) is 74.2. The normalized spacial score (nSPS) is 11.0. The SMILES string of the molecule is Cc1ccc(-c2c(C)ccc[n+]2C)c(C)c1.Cc1ccc(C)c(-c2c(C)ccc[n+]2C)c1.Cc1ccc(C)c(-c2c(C)ccc[n+]2C)c1.Cc1ccc(C)c(-c2cccc[n+]2C)c1C.Cc1cccc(-c2c(C)ccc[n+]2C)c1C.Cc1cccc(-c2c(C)ccc[n+]2C)c1C.[2H]C([2H])([2H])c1ccc(-c2c(C)ccc[n+]2C)c(C)c1. The smallest absolute Gasteiger partial charge is 0.201 e. The molecule has 0 saturated heterocycles. The van der Waals surface area contributed by atoms with Crippen molar-refractivity contribution in [3.8, 4) is 78.8 Å². The third-order valence-corrected chi connectivity index (χ3v) is 21.7. The van der Waals surface area contributed by atoms with Crippen molar-refractivity contribution in [1.82, 2.24) is 0 Å². The van der Waals surface area contributed by atoms with Crippen LogP contribution in [0.15, 0.2) is 256 Å². The van der Waals surface area contributed by atoms with E-state index in [1.165, 1.54) is 173 Å². The van der Waals surface area contributed by atoms with Gasteiger partial charge in [-0.25, -0.2) is 32.0 Å². The number of hydrogen-bond acceptors (Lipinski definition) is 0. The van der Waals surface area contributed by atoms with Crippen LogP contribution >= 0.6 is 0 Å². The van der Waals surface area contributed by atoms with Crippen molar-refractivity contribution in [2.24, 2.45) is 49.3 Å². The molecule has 0 aliphatic heterocycles.